The number of benzene rings is 3. The lowest BCUT2D eigenvalue weighted by Gasteiger charge is -2.11. The molecule has 4 rings (SSSR count). The summed E-state index contributed by atoms with van der Waals surface area (Å²) in [6, 6.07) is 17.4. The van der Waals surface area contributed by atoms with Crippen molar-refractivity contribution in [3.05, 3.63) is 72.3 Å². The zero-order valence-electron chi connectivity index (χ0n) is 18.6. The molecule has 0 atom stereocenters. The molecule has 10 nitrogen and oxygen atoms in total. The van der Waals surface area contributed by atoms with Gasteiger partial charge in [-0.2, -0.15) is 0 Å². The number of aromatic nitrogens is 3. The van der Waals surface area contributed by atoms with Gasteiger partial charge in [-0.1, -0.05) is 35.1 Å². The van der Waals surface area contributed by atoms with Gasteiger partial charge in [0.05, 0.1) is 23.8 Å². The predicted octanol–water partition coefficient (Wildman–Crippen LogP) is 4.41. The molecule has 0 spiro atoms. The Balaban J connectivity index is 1.86. The summed E-state index contributed by atoms with van der Waals surface area (Å²) in [5, 5.41) is 21.0. The number of carbonyl (C=O) groups excluding carboxylic acids is 1. The molecule has 178 valence electrons. The van der Waals surface area contributed by atoms with Crippen LogP contribution in [0.15, 0.2) is 71.1 Å². The summed E-state index contributed by atoms with van der Waals surface area (Å²) in [5.41, 5.74) is 1.79. The molecule has 0 radical (unpaired) electrons. The number of ether oxygens (including phenoxy) is 1. The Hall–Kier alpha value is -4.35. The Bertz CT molecular complexity index is 1480. The Kier molecular flexibility index (Phi) is 6.99. The number of nitrogens with zero attached hydrogens (tertiary/aromatic N) is 4. The Labute approximate surface area is 202 Å². The van der Waals surface area contributed by atoms with Gasteiger partial charge >= 0.3 is 5.97 Å². The average molecular weight is 492 g/mol. The van der Waals surface area contributed by atoms with Crippen molar-refractivity contribution < 1.29 is 28.1 Å². The maximum Gasteiger partial charge on any atom is 0.337 e. The molecule has 0 amide bonds. The van der Waals surface area contributed by atoms with E-state index in [1.807, 2.05) is 0 Å². The summed E-state index contributed by atoms with van der Waals surface area (Å²) in [6.45, 7) is 0. The number of esters is 1. The van der Waals surface area contributed by atoms with Crippen LogP contribution in [0.5, 0.6) is 11.5 Å². The zero-order valence-corrected chi connectivity index (χ0v) is 19.4. The van der Waals surface area contributed by atoms with Gasteiger partial charge < -0.3 is 27.7 Å². The molecule has 1 heterocycles. The molecule has 0 aliphatic heterocycles. The standard InChI is InChI=1S/C24H19N4O6S/c1-33-24(31)15-9-7-14(8-10-15)21-25-22(17-5-3-4-6-19(17)29)27-23(26-21)18-12-11-16(13-20(18)30)28-35(32)34-2/h3-13,29-30H,1-2H3/q-1. The van der Waals surface area contributed by atoms with Crippen molar-refractivity contribution in [2.75, 3.05) is 14.2 Å². The van der Waals surface area contributed by atoms with Gasteiger partial charge in [0, 0.05) is 24.4 Å². The Morgan fingerprint density at radius 1 is 0.829 bits per heavy atom. The van der Waals surface area contributed by atoms with E-state index in [-0.39, 0.29) is 40.2 Å². The Morgan fingerprint density at radius 2 is 1.46 bits per heavy atom. The van der Waals surface area contributed by atoms with Gasteiger partial charge in [0.1, 0.15) is 11.5 Å². The van der Waals surface area contributed by atoms with Gasteiger partial charge in [-0.3, -0.25) is 0 Å². The first-order valence-electron chi connectivity index (χ1n) is 10.1. The maximum absolute atomic E-state index is 11.8. The quantitative estimate of drug-likeness (QED) is 0.296. The first-order valence-corrected chi connectivity index (χ1v) is 11.2. The number of para-hydroxylation sites is 1. The Morgan fingerprint density at radius 3 is 2.06 bits per heavy atom. The lowest BCUT2D eigenvalue weighted by Crippen LogP contribution is -2.02. The highest BCUT2D eigenvalue weighted by Gasteiger charge is 2.17. The molecule has 0 fully saturated rings. The van der Waals surface area contributed by atoms with Crippen LogP contribution in [0.4, 0.5) is 5.69 Å². The summed E-state index contributed by atoms with van der Waals surface area (Å²) in [6.07, 6.45) is 0. The van der Waals surface area contributed by atoms with E-state index in [2.05, 4.69) is 23.5 Å². The zero-order chi connectivity index (χ0) is 24.9. The molecule has 1 aromatic heterocycles. The van der Waals surface area contributed by atoms with Crippen molar-refractivity contribution in [2.45, 2.75) is 0 Å². The third kappa shape index (κ3) is 5.26. The molecule has 0 saturated carbocycles. The fourth-order valence-corrected chi connectivity index (χ4v) is 3.53. The van der Waals surface area contributed by atoms with Gasteiger partial charge in [0.25, 0.3) is 0 Å². The highest BCUT2D eigenvalue weighted by molar-refractivity contribution is 7.69. The molecule has 3 aromatic carbocycles. The molecule has 2 N–H and O–H groups in total. The van der Waals surface area contributed by atoms with Crippen molar-refractivity contribution in [1.29, 1.82) is 0 Å². The van der Waals surface area contributed by atoms with Gasteiger partial charge in [-0.25, -0.2) is 19.7 Å². The first kappa shape index (κ1) is 23.8. The minimum absolute atomic E-state index is 0.0305. The summed E-state index contributed by atoms with van der Waals surface area (Å²) in [7, 11) is 0.654. The molecule has 0 saturated heterocycles. The van der Waals surface area contributed by atoms with Crippen LogP contribution in [0, 0.1) is 0 Å². The third-order valence-corrected chi connectivity index (χ3v) is 5.53. The summed E-state index contributed by atoms with van der Waals surface area (Å²) in [5.74, 6) is -0.167. The fraction of sp³-hybridized carbons (Fsp3) is 0.0833. The second-order valence-corrected chi connectivity index (χ2v) is 8.02. The molecule has 0 unspecified atom stereocenters. The van der Waals surface area contributed by atoms with Crippen LogP contribution in [0.1, 0.15) is 10.4 Å². The number of rotatable bonds is 6. The lowest BCUT2D eigenvalue weighted by molar-refractivity contribution is 0.0600. The van der Waals surface area contributed by atoms with Crippen LogP contribution in [-0.4, -0.2) is 45.4 Å². The van der Waals surface area contributed by atoms with Crippen LogP contribution < -0.4 is 0 Å². The molecular weight excluding hydrogens is 472 g/mol. The van der Waals surface area contributed by atoms with Crippen molar-refractivity contribution in [1.82, 2.24) is 15.0 Å². The van der Waals surface area contributed by atoms with Crippen LogP contribution >= 0.6 is 0 Å². The molecule has 0 aliphatic rings. The van der Waals surface area contributed by atoms with Crippen LogP contribution in [-0.2, 0) is 24.0 Å². The smallest absolute Gasteiger partial charge is 0.337 e. The number of methoxy groups -OCH3 is 1. The number of carbonyl (C=O) groups is 1. The molecule has 4 aromatic rings. The molecule has 0 aliphatic carbocycles. The SMILES string of the molecule is COC(=O)c1ccc(-c2nc(-c3ccccc3O)nc(-c3ccc(N=[S-](=O)OC)cc3O)n2)cc1. The predicted molar refractivity (Wildman–Crippen MR) is 128 cm³/mol. The highest BCUT2D eigenvalue weighted by Crippen LogP contribution is 2.34. The van der Waals surface area contributed by atoms with E-state index in [1.165, 1.54) is 38.5 Å². The van der Waals surface area contributed by atoms with Gasteiger partial charge in [0.15, 0.2) is 17.5 Å². The summed E-state index contributed by atoms with van der Waals surface area (Å²) >= 11 is 0. The van der Waals surface area contributed by atoms with Crippen LogP contribution in [0.3, 0.4) is 0 Å². The van der Waals surface area contributed by atoms with E-state index < -0.39 is 16.8 Å². The van der Waals surface area contributed by atoms with Gasteiger partial charge in [-0.05, 0) is 36.4 Å². The van der Waals surface area contributed by atoms with E-state index in [4.69, 9.17) is 4.74 Å². The summed E-state index contributed by atoms with van der Waals surface area (Å²) in [4.78, 5) is 25.2. The minimum atomic E-state index is -1.89. The molecule has 35 heavy (non-hydrogen) atoms. The number of phenolic OH excluding ortho intramolecular Hbond substituents is 2. The largest absolute Gasteiger partial charge is 0.507 e. The second kappa shape index (κ2) is 10.3. The van der Waals surface area contributed by atoms with Crippen molar-refractivity contribution in [3.63, 3.8) is 0 Å². The molecule has 0 bridgehead atoms. The van der Waals surface area contributed by atoms with E-state index in [0.29, 0.717) is 16.7 Å². The number of hydrogen-bond donors (Lipinski definition) is 2. The van der Waals surface area contributed by atoms with E-state index >= 15 is 0 Å². The molecular formula is C24H19N4O6S-. The maximum atomic E-state index is 11.8. The first-order chi connectivity index (χ1) is 16.9. The van der Waals surface area contributed by atoms with Crippen LogP contribution in [0.25, 0.3) is 34.2 Å². The number of aromatic hydroxyl groups is 2. The normalized spacial score (nSPS) is 11.8. The minimum Gasteiger partial charge on any atom is -0.507 e. The fourth-order valence-electron chi connectivity index (χ4n) is 3.17. The van der Waals surface area contributed by atoms with Crippen molar-refractivity contribution in [3.8, 4) is 45.7 Å². The molecule has 11 heteroatoms. The number of phenols is 2. The summed E-state index contributed by atoms with van der Waals surface area (Å²) < 4.78 is 24.7. The van der Waals surface area contributed by atoms with E-state index in [0.717, 1.165) is 0 Å². The van der Waals surface area contributed by atoms with Crippen LogP contribution in [0.2, 0.25) is 0 Å². The van der Waals surface area contributed by atoms with Crippen molar-refractivity contribution >= 4 is 22.5 Å². The van der Waals surface area contributed by atoms with Crippen molar-refractivity contribution in [2.24, 2.45) is 4.36 Å². The number of hydrogen-bond acceptors (Lipinski definition) is 11. The average Bonchev–Trinajstić information content (AvgIpc) is 2.88. The second-order valence-electron chi connectivity index (χ2n) is 7.07. The van der Waals surface area contributed by atoms with Gasteiger partial charge in [0.2, 0.25) is 0 Å². The van der Waals surface area contributed by atoms with E-state index in [9.17, 15) is 19.2 Å². The van der Waals surface area contributed by atoms with E-state index in [1.54, 1.807) is 42.5 Å². The topological polar surface area (TPSA) is 144 Å². The highest BCUT2D eigenvalue weighted by atomic mass is 32.2. The van der Waals surface area contributed by atoms with Gasteiger partial charge in [-0.15, -0.1) is 0 Å². The monoisotopic (exact) mass is 491 g/mol. The lowest BCUT2D eigenvalue weighted by atomic mass is 10.1. The third-order valence-electron chi connectivity index (χ3n) is 4.89.